The molecule has 2 aromatic carbocycles. The Kier molecular flexibility index (Phi) is 6.65. The van der Waals surface area contributed by atoms with Gasteiger partial charge in [0.2, 0.25) is 5.78 Å². The molecule has 1 heterocycles. The Morgan fingerprint density at radius 1 is 1.11 bits per heavy atom. The zero-order chi connectivity index (χ0) is 20.1. The molecule has 6 heteroatoms. The van der Waals surface area contributed by atoms with E-state index in [1.165, 1.54) is 0 Å². The standard InChI is InChI=1S/C22H21NO3S2/c1-14-8-10-17(11-9-14)20(24)16(3)26-21(25)19-7-5-4-6-18(19)13-28-22-23-15(2)12-27-22/h4-12,16H,13H2,1-3H3/t16-/m1/s1. The predicted molar refractivity (Wildman–Crippen MR) is 113 cm³/mol. The highest BCUT2D eigenvalue weighted by molar-refractivity contribution is 8.00. The van der Waals surface area contributed by atoms with Crippen LogP contribution in [0.1, 0.15) is 44.5 Å². The number of ether oxygens (including phenoxy) is 1. The van der Waals surface area contributed by atoms with Crippen LogP contribution in [0.2, 0.25) is 0 Å². The lowest BCUT2D eigenvalue weighted by molar-refractivity contribution is 0.0318. The number of benzene rings is 2. The maximum Gasteiger partial charge on any atom is 0.339 e. The predicted octanol–water partition coefficient (Wildman–Crippen LogP) is 5.48. The summed E-state index contributed by atoms with van der Waals surface area (Å²) in [4.78, 5) is 29.6. The molecule has 28 heavy (non-hydrogen) atoms. The molecule has 0 bridgehead atoms. The third-order valence-electron chi connectivity index (χ3n) is 4.18. The van der Waals surface area contributed by atoms with Crippen molar-refractivity contribution in [2.75, 3.05) is 0 Å². The molecule has 0 radical (unpaired) electrons. The van der Waals surface area contributed by atoms with E-state index in [9.17, 15) is 9.59 Å². The van der Waals surface area contributed by atoms with Gasteiger partial charge in [-0.15, -0.1) is 11.3 Å². The van der Waals surface area contributed by atoms with Gasteiger partial charge in [-0.3, -0.25) is 4.79 Å². The van der Waals surface area contributed by atoms with E-state index in [1.807, 2.05) is 43.5 Å². The van der Waals surface area contributed by atoms with Crippen molar-refractivity contribution in [2.24, 2.45) is 0 Å². The van der Waals surface area contributed by atoms with Crippen molar-refractivity contribution < 1.29 is 14.3 Å². The Bertz CT molecular complexity index is 979. The molecule has 3 aromatic rings. The zero-order valence-electron chi connectivity index (χ0n) is 16.0. The van der Waals surface area contributed by atoms with Crippen LogP contribution in [0.4, 0.5) is 0 Å². The molecule has 4 nitrogen and oxygen atoms in total. The summed E-state index contributed by atoms with van der Waals surface area (Å²) in [6.45, 7) is 5.52. The normalized spacial score (nSPS) is 11.8. The fraction of sp³-hybridized carbons (Fsp3) is 0.227. The van der Waals surface area contributed by atoms with Crippen molar-refractivity contribution in [1.82, 2.24) is 4.98 Å². The van der Waals surface area contributed by atoms with E-state index < -0.39 is 12.1 Å². The number of hydrogen-bond donors (Lipinski definition) is 0. The van der Waals surface area contributed by atoms with Gasteiger partial charge in [0.1, 0.15) is 4.34 Å². The van der Waals surface area contributed by atoms with Gasteiger partial charge >= 0.3 is 5.97 Å². The Labute approximate surface area is 173 Å². The van der Waals surface area contributed by atoms with E-state index in [1.54, 1.807) is 54.3 Å². The van der Waals surface area contributed by atoms with Crippen molar-refractivity contribution in [3.63, 3.8) is 0 Å². The number of Topliss-reactive ketones (excluding diaryl/α,β-unsaturated/α-hetero) is 1. The van der Waals surface area contributed by atoms with E-state index in [-0.39, 0.29) is 5.78 Å². The van der Waals surface area contributed by atoms with Gasteiger partial charge in [-0.25, -0.2) is 9.78 Å². The van der Waals surface area contributed by atoms with Gasteiger partial charge in [-0.05, 0) is 32.4 Å². The van der Waals surface area contributed by atoms with Crippen molar-refractivity contribution in [1.29, 1.82) is 0 Å². The Morgan fingerprint density at radius 3 is 2.50 bits per heavy atom. The lowest BCUT2D eigenvalue weighted by Crippen LogP contribution is -2.25. The van der Waals surface area contributed by atoms with Gasteiger partial charge < -0.3 is 4.74 Å². The molecule has 1 atom stereocenters. The molecule has 0 unspecified atom stereocenters. The molecule has 0 saturated heterocycles. The second-order valence-corrected chi connectivity index (χ2v) is 8.56. The highest BCUT2D eigenvalue weighted by Gasteiger charge is 2.22. The number of thiazole rings is 1. The molecule has 0 aliphatic rings. The molecule has 3 rings (SSSR count). The molecule has 0 N–H and O–H groups in total. The second kappa shape index (κ2) is 9.17. The second-order valence-electron chi connectivity index (χ2n) is 6.48. The highest BCUT2D eigenvalue weighted by Crippen LogP contribution is 2.27. The van der Waals surface area contributed by atoms with Crippen LogP contribution < -0.4 is 0 Å². The average molecular weight is 412 g/mol. The van der Waals surface area contributed by atoms with Crippen molar-refractivity contribution >= 4 is 34.9 Å². The number of esters is 1. The summed E-state index contributed by atoms with van der Waals surface area (Å²) in [5.41, 5.74) is 3.94. The Hall–Kier alpha value is -2.44. The Balaban J connectivity index is 1.68. The van der Waals surface area contributed by atoms with Gasteiger partial charge in [0.15, 0.2) is 6.10 Å². The van der Waals surface area contributed by atoms with Crippen LogP contribution in [0, 0.1) is 13.8 Å². The van der Waals surface area contributed by atoms with Crippen molar-refractivity contribution in [3.8, 4) is 0 Å². The fourth-order valence-electron chi connectivity index (χ4n) is 2.61. The molecule has 0 saturated carbocycles. The molecule has 0 fully saturated rings. The number of aromatic nitrogens is 1. The molecule has 0 aliphatic carbocycles. The number of rotatable bonds is 7. The van der Waals surface area contributed by atoms with Crippen LogP contribution in [-0.2, 0) is 10.5 Å². The van der Waals surface area contributed by atoms with E-state index in [4.69, 9.17) is 4.74 Å². The number of thioether (sulfide) groups is 1. The zero-order valence-corrected chi connectivity index (χ0v) is 17.6. The molecule has 0 amide bonds. The van der Waals surface area contributed by atoms with Crippen LogP contribution in [0.25, 0.3) is 0 Å². The first-order valence-corrected chi connectivity index (χ1v) is 10.8. The van der Waals surface area contributed by atoms with Gasteiger partial charge in [0.25, 0.3) is 0 Å². The largest absolute Gasteiger partial charge is 0.451 e. The summed E-state index contributed by atoms with van der Waals surface area (Å²) in [5.74, 6) is -0.0867. The van der Waals surface area contributed by atoms with Crippen LogP contribution >= 0.6 is 23.1 Å². The first kappa shape index (κ1) is 20.3. The van der Waals surface area contributed by atoms with Crippen LogP contribution in [0.15, 0.2) is 58.3 Å². The lowest BCUT2D eigenvalue weighted by atomic mass is 10.1. The molecular formula is C22H21NO3S2. The number of ketones is 1. The molecular weight excluding hydrogens is 390 g/mol. The van der Waals surface area contributed by atoms with Gasteiger partial charge in [0, 0.05) is 22.4 Å². The minimum Gasteiger partial charge on any atom is -0.451 e. The van der Waals surface area contributed by atoms with E-state index >= 15 is 0 Å². The van der Waals surface area contributed by atoms with E-state index in [0.29, 0.717) is 16.9 Å². The van der Waals surface area contributed by atoms with Gasteiger partial charge in [-0.2, -0.15) is 0 Å². The van der Waals surface area contributed by atoms with Gasteiger partial charge in [-0.1, -0.05) is 59.8 Å². The lowest BCUT2D eigenvalue weighted by Gasteiger charge is -2.14. The monoisotopic (exact) mass is 411 g/mol. The third kappa shape index (κ3) is 5.09. The smallest absolute Gasteiger partial charge is 0.339 e. The fourth-order valence-corrected chi connectivity index (χ4v) is 4.47. The minimum atomic E-state index is -0.850. The quantitative estimate of drug-likeness (QED) is 0.293. The number of aryl methyl sites for hydroxylation is 2. The molecule has 1 aromatic heterocycles. The van der Waals surface area contributed by atoms with Crippen molar-refractivity contribution in [3.05, 3.63) is 81.9 Å². The summed E-state index contributed by atoms with van der Waals surface area (Å²) in [6, 6.07) is 14.6. The van der Waals surface area contributed by atoms with Crippen LogP contribution in [-0.4, -0.2) is 22.8 Å². The topological polar surface area (TPSA) is 56.3 Å². The average Bonchev–Trinajstić information content (AvgIpc) is 3.11. The minimum absolute atomic E-state index is 0.210. The summed E-state index contributed by atoms with van der Waals surface area (Å²) < 4.78 is 6.43. The van der Waals surface area contributed by atoms with Gasteiger partial charge in [0.05, 0.1) is 5.56 Å². The van der Waals surface area contributed by atoms with E-state index in [0.717, 1.165) is 21.2 Å². The van der Waals surface area contributed by atoms with E-state index in [2.05, 4.69) is 4.98 Å². The number of carbonyl (C=O) groups is 2. The van der Waals surface area contributed by atoms with Crippen LogP contribution in [0.5, 0.6) is 0 Å². The molecule has 144 valence electrons. The van der Waals surface area contributed by atoms with Crippen molar-refractivity contribution in [2.45, 2.75) is 37.0 Å². The highest BCUT2D eigenvalue weighted by atomic mass is 32.2. The number of hydrogen-bond acceptors (Lipinski definition) is 6. The third-order valence-corrected chi connectivity index (χ3v) is 6.36. The number of nitrogens with zero attached hydrogens (tertiary/aromatic N) is 1. The number of carbonyl (C=O) groups excluding carboxylic acids is 2. The maximum atomic E-state index is 12.7. The Morgan fingerprint density at radius 2 is 1.82 bits per heavy atom. The summed E-state index contributed by atoms with van der Waals surface area (Å²) in [7, 11) is 0. The first-order valence-electron chi connectivity index (χ1n) is 8.88. The maximum absolute atomic E-state index is 12.7. The van der Waals surface area contributed by atoms with Crippen LogP contribution in [0.3, 0.4) is 0 Å². The summed E-state index contributed by atoms with van der Waals surface area (Å²) in [5, 5.41) is 2.00. The summed E-state index contributed by atoms with van der Waals surface area (Å²) in [6.07, 6.45) is -0.850. The first-order chi connectivity index (χ1) is 13.4. The molecule has 0 spiro atoms. The SMILES string of the molecule is Cc1ccc(C(=O)[C@@H](C)OC(=O)c2ccccc2CSc2nc(C)cs2)cc1. The summed E-state index contributed by atoms with van der Waals surface area (Å²) >= 11 is 3.17. The molecule has 0 aliphatic heterocycles.